The van der Waals surface area contributed by atoms with Crippen LogP contribution in [0.4, 0.5) is 0 Å². The van der Waals surface area contributed by atoms with Crippen molar-refractivity contribution in [3.8, 4) is 5.75 Å². The zero-order valence-electron chi connectivity index (χ0n) is 12.2. The normalized spacial score (nSPS) is 10.7. The fourth-order valence-electron chi connectivity index (χ4n) is 1.91. The van der Waals surface area contributed by atoms with Crippen molar-refractivity contribution in [1.29, 1.82) is 0 Å². The van der Waals surface area contributed by atoms with Gasteiger partial charge in [0.05, 0.1) is 0 Å². The second-order valence-corrected chi connectivity index (χ2v) is 5.39. The van der Waals surface area contributed by atoms with Crippen molar-refractivity contribution in [1.82, 2.24) is 4.90 Å². The fourth-order valence-corrected chi connectivity index (χ4v) is 2.14. The summed E-state index contributed by atoms with van der Waals surface area (Å²) in [5, 5.41) is 9.51. The van der Waals surface area contributed by atoms with E-state index in [1.165, 1.54) is 0 Å². The zero-order valence-corrected chi connectivity index (χ0v) is 13.0. The largest absolute Gasteiger partial charge is 0.483 e. The Kier molecular flexibility index (Phi) is 6.82. The van der Waals surface area contributed by atoms with E-state index in [0.717, 1.165) is 5.56 Å². The molecule has 0 unspecified atom stereocenters. The highest BCUT2D eigenvalue weighted by Crippen LogP contribution is 2.21. The highest BCUT2D eigenvalue weighted by atomic mass is 35.5. The van der Waals surface area contributed by atoms with Crippen LogP contribution in [-0.2, 0) is 4.79 Å². The molecule has 0 aliphatic heterocycles. The Balaban J connectivity index is 2.60. The molecule has 1 N–H and O–H groups in total. The van der Waals surface area contributed by atoms with Crippen LogP contribution in [-0.4, -0.2) is 41.7 Å². The topological polar surface area (TPSA) is 49.8 Å². The van der Waals surface area contributed by atoms with Gasteiger partial charge in [-0.25, -0.2) is 0 Å². The van der Waals surface area contributed by atoms with Crippen LogP contribution in [0.15, 0.2) is 18.2 Å². The lowest BCUT2D eigenvalue weighted by atomic mass is 10.2. The van der Waals surface area contributed by atoms with Crippen molar-refractivity contribution in [3.63, 3.8) is 0 Å². The summed E-state index contributed by atoms with van der Waals surface area (Å²) in [5.41, 5.74) is 0.900. The minimum Gasteiger partial charge on any atom is -0.483 e. The first-order valence-corrected chi connectivity index (χ1v) is 7.12. The Morgan fingerprint density at radius 2 is 2.15 bits per heavy atom. The monoisotopic (exact) mass is 299 g/mol. The van der Waals surface area contributed by atoms with Crippen molar-refractivity contribution in [2.45, 2.75) is 33.2 Å². The van der Waals surface area contributed by atoms with Crippen LogP contribution in [0, 0.1) is 6.92 Å². The summed E-state index contributed by atoms with van der Waals surface area (Å²) in [6.45, 7) is 6.39. The molecule has 1 aromatic carbocycles. The van der Waals surface area contributed by atoms with Crippen LogP contribution in [0.2, 0.25) is 5.02 Å². The first-order valence-electron chi connectivity index (χ1n) is 6.75. The molecule has 1 rings (SSSR count). The van der Waals surface area contributed by atoms with Crippen LogP contribution in [0.5, 0.6) is 5.75 Å². The Labute approximate surface area is 125 Å². The molecule has 0 radical (unpaired) electrons. The van der Waals surface area contributed by atoms with E-state index >= 15 is 0 Å². The van der Waals surface area contributed by atoms with Gasteiger partial charge in [-0.15, -0.1) is 0 Å². The minimum absolute atomic E-state index is 0.00786. The molecule has 0 heterocycles. The highest BCUT2D eigenvalue weighted by Gasteiger charge is 2.17. The molecule has 0 spiro atoms. The summed E-state index contributed by atoms with van der Waals surface area (Å²) < 4.78 is 5.55. The third-order valence-electron chi connectivity index (χ3n) is 2.99. The molecular weight excluding hydrogens is 278 g/mol. The molecule has 4 nitrogen and oxygen atoms in total. The maximum Gasteiger partial charge on any atom is 0.260 e. The number of hydrogen-bond acceptors (Lipinski definition) is 3. The van der Waals surface area contributed by atoms with Gasteiger partial charge in [-0.3, -0.25) is 4.79 Å². The third kappa shape index (κ3) is 5.02. The molecule has 0 aromatic heterocycles. The van der Waals surface area contributed by atoms with E-state index in [-0.39, 0.29) is 25.2 Å². The summed E-state index contributed by atoms with van der Waals surface area (Å²) in [7, 11) is 0. The van der Waals surface area contributed by atoms with Gasteiger partial charge in [-0.2, -0.15) is 0 Å². The van der Waals surface area contributed by atoms with E-state index < -0.39 is 0 Å². The molecule has 0 aliphatic carbocycles. The number of carbonyl (C=O) groups is 1. The van der Waals surface area contributed by atoms with E-state index in [1.54, 1.807) is 23.1 Å². The van der Waals surface area contributed by atoms with Crippen LogP contribution in [0.1, 0.15) is 25.8 Å². The predicted molar refractivity (Wildman–Crippen MR) is 80.2 cm³/mol. The van der Waals surface area contributed by atoms with Gasteiger partial charge in [-0.05, 0) is 51.0 Å². The highest BCUT2D eigenvalue weighted by molar-refractivity contribution is 6.30. The van der Waals surface area contributed by atoms with Gasteiger partial charge in [-0.1, -0.05) is 11.6 Å². The van der Waals surface area contributed by atoms with Gasteiger partial charge >= 0.3 is 0 Å². The maximum atomic E-state index is 12.1. The van der Waals surface area contributed by atoms with E-state index in [1.807, 2.05) is 20.8 Å². The molecule has 0 fully saturated rings. The quantitative estimate of drug-likeness (QED) is 0.842. The summed E-state index contributed by atoms with van der Waals surface area (Å²) in [4.78, 5) is 13.8. The van der Waals surface area contributed by atoms with Gasteiger partial charge in [0, 0.05) is 24.2 Å². The van der Waals surface area contributed by atoms with Crippen molar-refractivity contribution >= 4 is 17.5 Å². The lowest BCUT2D eigenvalue weighted by Gasteiger charge is -2.26. The number of aryl methyl sites for hydroxylation is 1. The van der Waals surface area contributed by atoms with Crippen molar-refractivity contribution in [3.05, 3.63) is 28.8 Å². The van der Waals surface area contributed by atoms with E-state index in [0.29, 0.717) is 23.7 Å². The van der Waals surface area contributed by atoms with E-state index in [4.69, 9.17) is 21.4 Å². The second kappa shape index (κ2) is 8.12. The number of halogens is 1. The number of nitrogens with zero attached hydrogens (tertiary/aromatic N) is 1. The van der Waals surface area contributed by atoms with Gasteiger partial charge < -0.3 is 14.7 Å². The maximum absolute atomic E-state index is 12.1. The molecule has 0 aliphatic rings. The summed E-state index contributed by atoms with van der Waals surface area (Å²) in [5.74, 6) is 0.580. The van der Waals surface area contributed by atoms with Crippen molar-refractivity contribution in [2.24, 2.45) is 0 Å². The average molecular weight is 300 g/mol. The Morgan fingerprint density at radius 1 is 1.45 bits per heavy atom. The third-order valence-corrected chi connectivity index (χ3v) is 3.22. The van der Waals surface area contributed by atoms with Crippen LogP contribution in [0.3, 0.4) is 0 Å². The number of aliphatic hydroxyl groups is 1. The molecule has 0 saturated heterocycles. The summed E-state index contributed by atoms with van der Waals surface area (Å²) in [6.07, 6.45) is 0.573. The molecular formula is C15H22ClNO3. The Morgan fingerprint density at radius 3 is 2.70 bits per heavy atom. The second-order valence-electron chi connectivity index (χ2n) is 4.96. The first kappa shape index (κ1) is 16.8. The molecule has 1 amide bonds. The standard InChI is InChI=1S/C15H22ClNO3/c1-11(2)17(7-4-8-18)15(19)10-20-14-6-5-13(16)9-12(14)3/h5-6,9,11,18H,4,7-8,10H2,1-3H3. The lowest BCUT2D eigenvalue weighted by molar-refractivity contribution is -0.135. The molecule has 0 bridgehead atoms. The molecule has 0 atom stereocenters. The van der Waals surface area contributed by atoms with Crippen molar-refractivity contribution < 1.29 is 14.6 Å². The predicted octanol–water partition coefficient (Wildman–Crippen LogP) is 2.65. The van der Waals surface area contributed by atoms with Gasteiger partial charge in [0.2, 0.25) is 0 Å². The van der Waals surface area contributed by atoms with Crippen LogP contribution < -0.4 is 4.74 Å². The molecule has 5 heteroatoms. The molecule has 1 aromatic rings. The Hall–Kier alpha value is -1.26. The average Bonchev–Trinajstić information content (AvgIpc) is 2.37. The minimum atomic E-state index is -0.0807. The van der Waals surface area contributed by atoms with Crippen molar-refractivity contribution in [2.75, 3.05) is 19.8 Å². The number of rotatable bonds is 7. The van der Waals surface area contributed by atoms with Gasteiger partial charge in [0.15, 0.2) is 6.61 Å². The number of amides is 1. The van der Waals surface area contributed by atoms with E-state index in [9.17, 15) is 4.79 Å². The number of benzene rings is 1. The SMILES string of the molecule is Cc1cc(Cl)ccc1OCC(=O)N(CCCO)C(C)C. The fraction of sp³-hybridized carbons (Fsp3) is 0.533. The zero-order chi connectivity index (χ0) is 15.1. The summed E-state index contributed by atoms with van der Waals surface area (Å²) >= 11 is 5.87. The number of aliphatic hydroxyl groups excluding tert-OH is 1. The number of carbonyl (C=O) groups excluding carboxylic acids is 1. The van der Waals surface area contributed by atoms with E-state index in [2.05, 4.69) is 0 Å². The van der Waals surface area contributed by atoms with Crippen LogP contribution >= 0.6 is 11.6 Å². The molecule has 20 heavy (non-hydrogen) atoms. The molecule has 0 saturated carbocycles. The van der Waals surface area contributed by atoms with Crippen LogP contribution in [0.25, 0.3) is 0 Å². The molecule has 112 valence electrons. The lowest BCUT2D eigenvalue weighted by Crippen LogP contribution is -2.40. The Bertz CT molecular complexity index is 449. The number of hydrogen-bond donors (Lipinski definition) is 1. The first-order chi connectivity index (χ1) is 9.45. The van der Waals surface area contributed by atoms with Gasteiger partial charge in [0.1, 0.15) is 5.75 Å². The number of ether oxygens (including phenoxy) is 1. The smallest absolute Gasteiger partial charge is 0.260 e. The van der Waals surface area contributed by atoms with Gasteiger partial charge in [0.25, 0.3) is 5.91 Å². The summed E-state index contributed by atoms with van der Waals surface area (Å²) in [6, 6.07) is 5.38.